The molecule has 2 rings (SSSR count). The van der Waals surface area contributed by atoms with E-state index in [1.54, 1.807) is 16.1 Å². The topological polar surface area (TPSA) is 57.7 Å². The van der Waals surface area contributed by atoms with Gasteiger partial charge >= 0.3 is 0 Å². The Labute approximate surface area is 123 Å². The van der Waals surface area contributed by atoms with Crippen molar-refractivity contribution in [3.05, 3.63) is 0 Å². The van der Waals surface area contributed by atoms with Gasteiger partial charge in [-0.2, -0.15) is 0 Å². The third-order valence-corrected chi connectivity index (χ3v) is 5.10. The third-order valence-electron chi connectivity index (χ3n) is 4.23. The summed E-state index contributed by atoms with van der Waals surface area (Å²) in [6, 6.07) is -0.562. The standard InChI is InChI=1S/C14H24N2O3S/c1-3-11-13(17)16-8-5-4-7-12(16)14(18)15(11)9-6-10-20(2)19/h11-12H,3-10H2,1-2H3. The van der Waals surface area contributed by atoms with E-state index in [4.69, 9.17) is 0 Å². The number of rotatable bonds is 5. The van der Waals surface area contributed by atoms with Crippen molar-refractivity contribution in [2.45, 2.75) is 51.1 Å². The number of carbonyl (C=O) groups excluding carboxylic acids is 2. The fourth-order valence-corrected chi connectivity index (χ4v) is 3.76. The lowest BCUT2D eigenvalue weighted by molar-refractivity contribution is -0.163. The normalized spacial score (nSPS) is 28.5. The number of nitrogens with zero attached hydrogens (tertiary/aromatic N) is 2. The van der Waals surface area contributed by atoms with Gasteiger partial charge in [0.25, 0.3) is 0 Å². The molecular weight excluding hydrogens is 276 g/mol. The van der Waals surface area contributed by atoms with Crippen LogP contribution in [0.3, 0.4) is 0 Å². The minimum Gasteiger partial charge on any atom is -0.329 e. The number of fused-ring (bicyclic) bond motifs is 1. The Bertz CT molecular complexity index is 413. The second-order valence-corrected chi connectivity index (χ2v) is 7.18. The molecule has 0 aromatic carbocycles. The van der Waals surface area contributed by atoms with E-state index in [0.29, 0.717) is 25.1 Å². The Morgan fingerprint density at radius 3 is 2.65 bits per heavy atom. The molecule has 114 valence electrons. The van der Waals surface area contributed by atoms with Gasteiger partial charge in [0.05, 0.1) is 0 Å². The van der Waals surface area contributed by atoms with Gasteiger partial charge in [0, 0.05) is 35.9 Å². The predicted octanol–water partition coefficient (Wildman–Crippen LogP) is 0.757. The summed E-state index contributed by atoms with van der Waals surface area (Å²) >= 11 is 0. The summed E-state index contributed by atoms with van der Waals surface area (Å²) < 4.78 is 11.1. The Hall–Kier alpha value is -0.910. The van der Waals surface area contributed by atoms with Gasteiger partial charge in [-0.15, -0.1) is 0 Å². The van der Waals surface area contributed by atoms with Gasteiger partial charge in [-0.3, -0.25) is 13.8 Å². The predicted molar refractivity (Wildman–Crippen MR) is 78.7 cm³/mol. The molecule has 0 spiro atoms. The molecule has 2 fully saturated rings. The van der Waals surface area contributed by atoms with Gasteiger partial charge in [0.1, 0.15) is 12.1 Å². The van der Waals surface area contributed by atoms with Crippen LogP contribution >= 0.6 is 0 Å². The van der Waals surface area contributed by atoms with E-state index in [0.717, 1.165) is 25.8 Å². The van der Waals surface area contributed by atoms with Crippen LogP contribution in [-0.2, 0) is 20.4 Å². The van der Waals surface area contributed by atoms with Crippen molar-refractivity contribution in [1.29, 1.82) is 0 Å². The van der Waals surface area contributed by atoms with E-state index in [9.17, 15) is 13.8 Å². The molecule has 3 atom stereocenters. The van der Waals surface area contributed by atoms with E-state index < -0.39 is 10.8 Å². The van der Waals surface area contributed by atoms with Crippen LogP contribution in [0, 0.1) is 0 Å². The van der Waals surface area contributed by atoms with Crippen LogP contribution in [0.4, 0.5) is 0 Å². The molecular formula is C14H24N2O3S. The lowest BCUT2D eigenvalue weighted by Gasteiger charge is -2.46. The quantitative estimate of drug-likeness (QED) is 0.753. The van der Waals surface area contributed by atoms with Crippen LogP contribution < -0.4 is 0 Å². The Balaban J connectivity index is 2.09. The summed E-state index contributed by atoms with van der Waals surface area (Å²) in [5.41, 5.74) is 0. The zero-order valence-corrected chi connectivity index (χ0v) is 13.2. The monoisotopic (exact) mass is 300 g/mol. The third kappa shape index (κ3) is 3.05. The highest BCUT2D eigenvalue weighted by Gasteiger charge is 2.45. The van der Waals surface area contributed by atoms with Crippen LogP contribution in [0.25, 0.3) is 0 Å². The van der Waals surface area contributed by atoms with E-state index >= 15 is 0 Å². The minimum atomic E-state index is -0.844. The van der Waals surface area contributed by atoms with Crippen LogP contribution in [0.15, 0.2) is 0 Å². The van der Waals surface area contributed by atoms with E-state index in [-0.39, 0.29) is 23.9 Å². The van der Waals surface area contributed by atoms with Crippen molar-refractivity contribution in [3.63, 3.8) is 0 Å². The summed E-state index contributed by atoms with van der Waals surface area (Å²) in [6.07, 6.45) is 5.83. The van der Waals surface area contributed by atoms with Gasteiger partial charge in [-0.1, -0.05) is 6.92 Å². The fourth-order valence-electron chi connectivity index (χ4n) is 3.22. The highest BCUT2D eigenvalue weighted by Crippen LogP contribution is 2.27. The van der Waals surface area contributed by atoms with Crippen LogP contribution in [0.5, 0.6) is 0 Å². The van der Waals surface area contributed by atoms with Crippen molar-refractivity contribution in [3.8, 4) is 0 Å². The second-order valence-electron chi connectivity index (χ2n) is 5.63. The molecule has 0 aromatic rings. The first-order valence-electron chi connectivity index (χ1n) is 7.47. The van der Waals surface area contributed by atoms with Crippen molar-refractivity contribution in [2.75, 3.05) is 25.1 Å². The van der Waals surface area contributed by atoms with Crippen LogP contribution in [0.1, 0.15) is 39.0 Å². The van der Waals surface area contributed by atoms with Crippen molar-refractivity contribution in [2.24, 2.45) is 0 Å². The Kier molecular flexibility index (Phi) is 5.18. The van der Waals surface area contributed by atoms with Crippen molar-refractivity contribution in [1.82, 2.24) is 9.80 Å². The first kappa shape index (κ1) is 15.5. The molecule has 20 heavy (non-hydrogen) atoms. The van der Waals surface area contributed by atoms with Gasteiger partial charge in [-0.25, -0.2) is 0 Å². The summed E-state index contributed by atoms with van der Waals surface area (Å²) in [4.78, 5) is 28.6. The van der Waals surface area contributed by atoms with Crippen LogP contribution in [0.2, 0.25) is 0 Å². The number of piperazine rings is 1. The van der Waals surface area contributed by atoms with Gasteiger partial charge in [0.2, 0.25) is 11.8 Å². The second kappa shape index (κ2) is 6.70. The smallest absolute Gasteiger partial charge is 0.246 e. The number of carbonyl (C=O) groups is 2. The van der Waals surface area contributed by atoms with Gasteiger partial charge in [0.15, 0.2) is 0 Å². The average molecular weight is 300 g/mol. The van der Waals surface area contributed by atoms with Gasteiger partial charge < -0.3 is 9.80 Å². The summed E-state index contributed by atoms with van der Waals surface area (Å²) in [5, 5.41) is 0. The zero-order chi connectivity index (χ0) is 14.7. The van der Waals surface area contributed by atoms with Crippen LogP contribution in [-0.4, -0.2) is 63.0 Å². The first-order chi connectivity index (χ1) is 9.56. The molecule has 0 aromatic heterocycles. The number of piperidine rings is 1. The lowest BCUT2D eigenvalue weighted by Crippen LogP contribution is -2.65. The maximum atomic E-state index is 12.6. The molecule has 0 saturated carbocycles. The Morgan fingerprint density at radius 2 is 2.00 bits per heavy atom. The highest BCUT2D eigenvalue weighted by molar-refractivity contribution is 7.84. The maximum absolute atomic E-state index is 12.6. The SMILES string of the molecule is CCC1C(=O)N2CCCCC2C(=O)N1CCCS(C)=O. The molecule has 0 bridgehead atoms. The summed E-state index contributed by atoms with van der Waals surface area (Å²) in [6.45, 7) is 3.22. The minimum absolute atomic E-state index is 0.0954. The maximum Gasteiger partial charge on any atom is 0.246 e. The lowest BCUT2D eigenvalue weighted by atomic mass is 9.94. The molecule has 2 heterocycles. The molecule has 2 amide bonds. The molecule has 0 aliphatic carbocycles. The summed E-state index contributed by atoms with van der Waals surface area (Å²) in [7, 11) is -0.844. The van der Waals surface area contributed by atoms with Crippen molar-refractivity contribution < 1.29 is 13.8 Å². The highest BCUT2D eigenvalue weighted by atomic mass is 32.2. The summed E-state index contributed by atoms with van der Waals surface area (Å²) in [5.74, 6) is 0.787. The Morgan fingerprint density at radius 1 is 1.25 bits per heavy atom. The molecule has 2 saturated heterocycles. The molecule has 2 aliphatic rings. The molecule has 2 aliphatic heterocycles. The van der Waals surface area contributed by atoms with Crippen molar-refractivity contribution >= 4 is 22.6 Å². The first-order valence-corrected chi connectivity index (χ1v) is 9.20. The molecule has 0 N–H and O–H groups in total. The molecule has 3 unspecified atom stereocenters. The van der Waals surface area contributed by atoms with E-state index in [1.165, 1.54) is 0 Å². The number of amides is 2. The van der Waals surface area contributed by atoms with E-state index in [2.05, 4.69) is 0 Å². The largest absolute Gasteiger partial charge is 0.329 e. The van der Waals surface area contributed by atoms with Gasteiger partial charge in [-0.05, 0) is 32.1 Å². The molecule has 0 radical (unpaired) electrons. The number of hydrogen-bond acceptors (Lipinski definition) is 3. The molecule has 5 nitrogen and oxygen atoms in total. The fraction of sp³-hybridized carbons (Fsp3) is 0.857. The molecule has 6 heteroatoms. The average Bonchev–Trinajstić information content (AvgIpc) is 2.44. The van der Waals surface area contributed by atoms with E-state index in [1.807, 2.05) is 6.92 Å². The zero-order valence-electron chi connectivity index (χ0n) is 12.3. The number of hydrogen-bond donors (Lipinski definition) is 0.